The van der Waals surface area contributed by atoms with Gasteiger partial charge in [-0.3, -0.25) is 9.59 Å². The Balaban J connectivity index is 1.02. The molecule has 0 heterocycles. The Labute approximate surface area is 310 Å². The van der Waals surface area contributed by atoms with Crippen molar-refractivity contribution >= 4 is 31.2 Å². The molecule has 0 N–H and O–H groups in total. The van der Waals surface area contributed by atoms with Gasteiger partial charge in [-0.2, -0.15) is 0 Å². The van der Waals surface area contributed by atoms with E-state index in [0.29, 0.717) is 22.3 Å². The van der Waals surface area contributed by atoms with Crippen molar-refractivity contribution in [3.8, 4) is 22.3 Å². The summed E-state index contributed by atoms with van der Waals surface area (Å²) in [6.45, 7) is 0. The minimum Gasteiger partial charge on any atom is -0.289 e. The van der Waals surface area contributed by atoms with E-state index in [9.17, 15) is 35.2 Å². The Morgan fingerprint density at radius 2 is 0.593 bits per heavy atom. The molecule has 0 aromatic heterocycles. The molecule has 0 fully saturated rings. The predicted molar refractivity (Wildman–Crippen MR) is 201 cm³/mol. The van der Waals surface area contributed by atoms with Crippen molar-refractivity contribution in [3.63, 3.8) is 0 Å². The van der Waals surface area contributed by atoms with Gasteiger partial charge in [0.1, 0.15) is 11.6 Å². The molecule has 0 aliphatic rings. The maximum absolute atomic E-state index is 13.4. The lowest BCUT2D eigenvalue weighted by atomic mass is 9.95. The highest BCUT2D eigenvalue weighted by Gasteiger charge is 2.20. The van der Waals surface area contributed by atoms with Crippen LogP contribution in [-0.2, 0) is 19.7 Å². The first-order chi connectivity index (χ1) is 25.9. The van der Waals surface area contributed by atoms with Gasteiger partial charge < -0.3 is 0 Å². The van der Waals surface area contributed by atoms with Crippen LogP contribution >= 0.6 is 0 Å². The van der Waals surface area contributed by atoms with Crippen LogP contribution in [0.1, 0.15) is 31.8 Å². The fourth-order valence-electron chi connectivity index (χ4n) is 5.92. The summed E-state index contributed by atoms with van der Waals surface area (Å²) in [6.07, 6.45) is 0. The van der Waals surface area contributed by atoms with Gasteiger partial charge in [-0.15, -0.1) is 0 Å². The second-order valence-electron chi connectivity index (χ2n) is 12.4. The third-order valence-electron chi connectivity index (χ3n) is 8.92. The SMILES string of the molecule is O=C(c1ccc(-c2ccc(S(=O)(=O)c3ccc(F)cc3)cc2)cc1)c1cccc(C(=O)c2ccc(-c3ccc(S(=O)(=O)c4ccc(F)cc4)cc3)cc2)c1. The summed E-state index contributed by atoms with van der Waals surface area (Å²) in [4.78, 5) is 27.0. The first kappa shape index (κ1) is 36.0. The standard InChI is InChI=1S/C44H28F2O6S2/c45-37-16-24-41(25-17-37)53(49,50)39-20-12-31(13-21-39)29-4-8-33(9-5-29)43(47)35-2-1-3-36(28-35)44(48)34-10-6-30(7-11-34)32-14-22-40(23-15-32)54(51,52)42-26-18-38(46)19-27-42/h1-28H. The number of halogens is 2. The summed E-state index contributed by atoms with van der Waals surface area (Å²) < 4.78 is 78.3. The van der Waals surface area contributed by atoms with Crippen LogP contribution in [-0.4, -0.2) is 28.4 Å². The third-order valence-corrected chi connectivity index (χ3v) is 12.5. The summed E-state index contributed by atoms with van der Waals surface area (Å²) in [5.74, 6) is -1.61. The van der Waals surface area contributed by atoms with Crippen LogP contribution in [0.4, 0.5) is 8.78 Å². The molecule has 266 valence electrons. The largest absolute Gasteiger partial charge is 0.289 e. The number of carbonyl (C=O) groups is 2. The van der Waals surface area contributed by atoms with Gasteiger partial charge in [0.15, 0.2) is 11.6 Å². The van der Waals surface area contributed by atoms with Gasteiger partial charge in [-0.25, -0.2) is 25.6 Å². The van der Waals surface area contributed by atoms with E-state index in [0.717, 1.165) is 46.5 Å². The molecule has 0 amide bonds. The van der Waals surface area contributed by atoms with E-state index < -0.39 is 31.3 Å². The van der Waals surface area contributed by atoms with Crippen molar-refractivity contribution in [1.82, 2.24) is 0 Å². The van der Waals surface area contributed by atoms with Crippen molar-refractivity contribution in [2.75, 3.05) is 0 Å². The van der Waals surface area contributed by atoms with Crippen molar-refractivity contribution in [3.05, 3.63) is 204 Å². The summed E-state index contributed by atoms with van der Waals surface area (Å²) in [5, 5.41) is 0. The molecule has 0 saturated carbocycles. The number of rotatable bonds is 10. The van der Waals surface area contributed by atoms with Crippen LogP contribution in [0.3, 0.4) is 0 Å². The molecule has 0 unspecified atom stereocenters. The minimum atomic E-state index is -3.82. The molecule has 0 saturated heterocycles. The smallest absolute Gasteiger partial charge is 0.206 e. The van der Waals surface area contributed by atoms with Gasteiger partial charge in [0.2, 0.25) is 19.7 Å². The van der Waals surface area contributed by atoms with Crippen LogP contribution in [0.25, 0.3) is 22.3 Å². The topological polar surface area (TPSA) is 102 Å². The van der Waals surface area contributed by atoms with Gasteiger partial charge in [0.05, 0.1) is 19.6 Å². The third kappa shape index (κ3) is 7.30. The molecule has 7 aromatic rings. The van der Waals surface area contributed by atoms with Crippen molar-refractivity contribution in [1.29, 1.82) is 0 Å². The molecule has 54 heavy (non-hydrogen) atoms. The van der Waals surface area contributed by atoms with Gasteiger partial charge in [0, 0.05) is 22.3 Å². The highest BCUT2D eigenvalue weighted by molar-refractivity contribution is 7.91. The van der Waals surface area contributed by atoms with E-state index in [1.165, 1.54) is 48.5 Å². The predicted octanol–water partition coefficient (Wildman–Crippen LogP) is 9.43. The molecule has 0 aliphatic heterocycles. The number of sulfone groups is 2. The van der Waals surface area contributed by atoms with E-state index in [1.807, 2.05) is 0 Å². The molecule has 0 aliphatic carbocycles. The first-order valence-electron chi connectivity index (χ1n) is 16.5. The summed E-state index contributed by atoms with van der Waals surface area (Å²) >= 11 is 0. The normalized spacial score (nSPS) is 11.6. The Kier molecular flexibility index (Phi) is 9.72. The number of hydrogen-bond donors (Lipinski definition) is 0. The molecule has 0 atom stereocenters. The lowest BCUT2D eigenvalue weighted by molar-refractivity contribution is 0.103. The summed E-state index contributed by atoms with van der Waals surface area (Å²) in [6, 6.07) is 42.0. The molecule has 10 heteroatoms. The zero-order valence-electron chi connectivity index (χ0n) is 28.2. The minimum absolute atomic E-state index is 0.00952. The van der Waals surface area contributed by atoms with Gasteiger partial charge >= 0.3 is 0 Å². The molecular formula is C44H28F2O6S2. The average Bonchev–Trinajstić information content (AvgIpc) is 3.21. The van der Waals surface area contributed by atoms with Crippen molar-refractivity contribution < 1.29 is 35.2 Å². The van der Waals surface area contributed by atoms with E-state index >= 15 is 0 Å². The Hall–Kier alpha value is -6.36. The fourth-order valence-corrected chi connectivity index (χ4v) is 8.44. The molecule has 7 aromatic carbocycles. The molecular weight excluding hydrogens is 727 g/mol. The van der Waals surface area contributed by atoms with Crippen LogP contribution in [0.5, 0.6) is 0 Å². The molecule has 6 nitrogen and oxygen atoms in total. The summed E-state index contributed by atoms with van der Waals surface area (Å²) in [5.41, 5.74) is 4.45. The maximum Gasteiger partial charge on any atom is 0.206 e. The zero-order valence-corrected chi connectivity index (χ0v) is 29.8. The molecule has 7 rings (SSSR count). The van der Waals surface area contributed by atoms with Crippen LogP contribution in [0, 0.1) is 11.6 Å². The van der Waals surface area contributed by atoms with Crippen molar-refractivity contribution in [2.45, 2.75) is 19.6 Å². The highest BCUT2D eigenvalue weighted by Crippen LogP contribution is 2.28. The molecule has 0 bridgehead atoms. The van der Waals surface area contributed by atoms with Gasteiger partial charge in [0.25, 0.3) is 0 Å². The second-order valence-corrected chi connectivity index (χ2v) is 16.3. The average molecular weight is 755 g/mol. The second kappa shape index (κ2) is 14.6. The van der Waals surface area contributed by atoms with Gasteiger partial charge in [-0.1, -0.05) is 91.0 Å². The summed E-state index contributed by atoms with van der Waals surface area (Å²) in [7, 11) is -7.64. The number of ketones is 2. The lowest BCUT2D eigenvalue weighted by Gasteiger charge is -2.09. The Morgan fingerprint density at radius 3 is 0.889 bits per heavy atom. The fraction of sp³-hybridized carbons (Fsp3) is 0. The van der Waals surface area contributed by atoms with E-state index in [1.54, 1.807) is 97.1 Å². The Bertz CT molecular complexity index is 2540. The monoisotopic (exact) mass is 754 g/mol. The van der Waals surface area contributed by atoms with Crippen LogP contribution in [0.15, 0.2) is 189 Å². The zero-order chi connectivity index (χ0) is 38.0. The Morgan fingerprint density at radius 1 is 0.333 bits per heavy atom. The first-order valence-corrected chi connectivity index (χ1v) is 19.5. The molecule has 0 spiro atoms. The number of carbonyl (C=O) groups excluding carboxylic acids is 2. The quantitative estimate of drug-likeness (QED) is 0.102. The van der Waals surface area contributed by atoms with Gasteiger partial charge in [-0.05, 0) is 101 Å². The van der Waals surface area contributed by atoms with E-state index in [4.69, 9.17) is 0 Å². The van der Waals surface area contributed by atoms with E-state index in [2.05, 4.69) is 0 Å². The van der Waals surface area contributed by atoms with Crippen LogP contribution < -0.4 is 0 Å². The van der Waals surface area contributed by atoms with E-state index in [-0.39, 0.29) is 31.1 Å². The molecule has 0 radical (unpaired) electrons. The highest BCUT2D eigenvalue weighted by atomic mass is 32.2. The lowest BCUT2D eigenvalue weighted by Crippen LogP contribution is -2.06. The number of hydrogen-bond acceptors (Lipinski definition) is 6. The maximum atomic E-state index is 13.4. The number of benzene rings is 7. The van der Waals surface area contributed by atoms with Crippen molar-refractivity contribution in [2.24, 2.45) is 0 Å². The van der Waals surface area contributed by atoms with Crippen LogP contribution in [0.2, 0.25) is 0 Å².